The molecule has 1 aliphatic heterocycles. The smallest absolute Gasteiger partial charge is 0.263 e. The van der Waals surface area contributed by atoms with E-state index in [1.165, 1.54) is 0 Å². The molecule has 0 aliphatic carbocycles. The Morgan fingerprint density at radius 2 is 2.20 bits per heavy atom. The summed E-state index contributed by atoms with van der Waals surface area (Å²) in [5, 5.41) is 7.33. The third kappa shape index (κ3) is 4.41. The van der Waals surface area contributed by atoms with Crippen molar-refractivity contribution in [2.45, 2.75) is 38.4 Å². The molecule has 1 amide bonds. The van der Waals surface area contributed by atoms with Crippen LogP contribution in [0.1, 0.15) is 26.7 Å². The largest absolute Gasteiger partial charge is 0.460 e. The molecule has 0 unspecified atom stereocenters. The number of ether oxygens (including phenoxy) is 2. The zero-order valence-corrected chi connectivity index (χ0v) is 16.0. The first-order chi connectivity index (χ1) is 12.0. The number of halogens is 1. The van der Waals surface area contributed by atoms with Gasteiger partial charge in [0.2, 0.25) is 5.88 Å². The monoisotopic (exact) mass is 407 g/mol. The molecule has 3 rings (SSSR count). The first-order valence-electron chi connectivity index (χ1n) is 8.35. The summed E-state index contributed by atoms with van der Waals surface area (Å²) < 4.78 is 13.8. The van der Waals surface area contributed by atoms with E-state index < -0.39 is 5.60 Å². The fourth-order valence-electron chi connectivity index (χ4n) is 2.63. The lowest BCUT2D eigenvalue weighted by molar-refractivity contribution is -0.134. The van der Waals surface area contributed by atoms with Gasteiger partial charge in [-0.05, 0) is 54.8 Å². The maximum absolute atomic E-state index is 12.5. The quantitative estimate of drug-likeness (QED) is 0.798. The van der Waals surface area contributed by atoms with Crippen LogP contribution in [0.25, 0.3) is 5.69 Å². The fraction of sp³-hybridized carbons (Fsp3) is 0.444. The summed E-state index contributed by atoms with van der Waals surface area (Å²) >= 11 is 3.45. The average Bonchev–Trinajstić information content (AvgIpc) is 3.23. The van der Waals surface area contributed by atoms with Gasteiger partial charge in [-0.15, -0.1) is 5.10 Å². The van der Waals surface area contributed by atoms with E-state index in [-0.39, 0.29) is 12.0 Å². The van der Waals surface area contributed by atoms with E-state index in [1.54, 1.807) is 18.5 Å². The molecule has 1 aliphatic rings. The Balaban J connectivity index is 1.65. The molecule has 25 heavy (non-hydrogen) atoms. The molecular formula is C18H22BrN3O3. The maximum Gasteiger partial charge on any atom is 0.263 e. The van der Waals surface area contributed by atoms with Crippen LogP contribution in [0.15, 0.2) is 41.0 Å². The molecule has 6 nitrogen and oxygen atoms in total. The summed E-state index contributed by atoms with van der Waals surface area (Å²) in [4.78, 5) is 12.5. The predicted octanol–water partition coefficient (Wildman–Crippen LogP) is 3.09. The standard InChI is InChI=1S/C18H22BrN3O3/c1-18(2,17(23)20-11-14-9-6-10-24-14)25-16-15(19)12-22(21-16)13-7-4-3-5-8-13/h3-5,7-8,12,14H,6,9-11H2,1-2H3,(H,20,23)/t14-/m0/s1. The van der Waals surface area contributed by atoms with Crippen LogP contribution in [-0.4, -0.2) is 40.5 Å². The lowest BCUT2D eigenvalue weighted by atomic mass is 10.1. The van der Waals surface area contributed by atoms with Crippen molar-refractivity contribution in [3.63, 3.8) is 0 Å². The molecule has 0 saturated carbocycles. The van der Waals surface area contributed by atoms with Crippen LogP contribution in [0.5, 0.6) is 5.88 Å². The lowest BCUT2D eigenvalue weighted by Crippen LogP contribution is -2.48. The second kappa shape index (κ2) is 7.58. The number of nitrogens with one attached hydrogen (secondary N) is 1. The summed E-state index contributed by atoms with van der Waals surface area (Å²) in [5.74, 6) is 0.185. The van der Waals surface area contributed by atoms with Crippen molar-refractivity contribution in [1.82, 2.24) is 15.1 Å². The molecule has 0 bridgehead atoms. The Kier molecular flexibility index (Phi) is 5.44. The van der Waals surface area contributed by atoms with Crippen LogP contribution >= 0.6 is 15.9 Å². The van der Waals surface area contributed by atoms with Crippen LogP contribution < -0.4 is 10.1 Å². The summed E-state index contributed by atoms with van der Waals surface area (Å²) in [6.45, 7) is 4.73. The van der Waals surface area contributed by atoms with Gasteiger partial charge in [-0.3, -0.25) is 4.79 Å². The number of benzene rings is 1. The number of rotatable bonds is 6. The van der Waals surface area contributed by atoms with E-state index >= 15 is 0 Å². The van der Waals surface area contributed by atoms with Crippen LogP contribution in [0.4, 0.5) is 0 Å². The second-order valence-electron chi connectivity index (χ2n) is 6.52. The minimum absolute atomic E-state index is 0.101. The third-order valence-electron chi connectivity index (χ3n) is 4.07. The van der Waals surface area contributed by atoms with Gasteiger partial charge in [0.05, 0.1) is 16.3 Å². The summed E-state index contributed by atoms with van der Waals surface area (Å²) in [6, 6.07) is 9.72. The summed E-state index contributed by atoms with van der Waals surface area (Å²) in [7, 11) is 0. The Hall–Kier alpha value is -1.86. The summed E-state index contributed by atoms with van der Waals surface area (Å²) in [6.07, 6.45) is 3.94. The SMILES string of the molecule is CC(C)(Oc1nn(-c2ccccc2)cc1Br)C(=O)NC[C@@H]1CCCO1. The normalized spacial score (nSPS) is 17.5. The number of hydrogen-bond acceptors (Lipinski definition) is 4. The number of carbonyl (C=O) groups is 1. The molecule has 2 heterocycles. The number of hydrogen-bond donors (Lipinski definition) is 1. The van der Waals surface area contributed by atoms with Crippen molar-refractivity contribution >= 4 is 21.8 Å². The highest BCUT2D eigenvalue weighted by atomic mass is 79.9. The highest BCUT2D eigenvalue weighted by Gasteiger charge is 2.32. The number of amides is 1. The highest BCUT2D eigenvalue weighted by Crippen LogP contribution is 2.28. The molecule has 2 aromatic rings. The van der Waals surface area contributed by atoms with Gasteiger partial charge in [-0.2, -0.15) is 0 Å². The topological polar surface area (TPSA) is 65.4 Å². The van der Waals surface area contributed by atoms with Gasteiger partial charge in [-0.1, -0.05) is 18.2 Å². The van der Waals surface area contributed by atoms with Crippen LogP contribution in [0, 0.1) is 0 Å². The molecule has 1 saturated heterocycles. The molecule has 1 fully saturated rings. The number of aromatic nitrogens is 2. The van der Waals surface area contributed by atoms with E-state index in [0.717, 1.165) is 25.1 Å². The van der Waals surface area contributed by atoms with Crippen molar-refractivity contribution in [2.24, 2.45) is 0 Å². The third-order valence-corrected chi connectivity index (χ3v) is 4.62. The van der Waals surface area contributed by atoms with Crippen LogP contribution in [-0.2, 0) is 9.53 Å². The first kappa shape index (κ1) is 17.9. The van der Waals surface area contributed by atoms with E-state index in [1.807, 2.05) is 36.5 Å². The Labute approximate surface area is 155 Å². The van der Waals surface area contributed by atoms with Crippen molar-refractivity contribution in [1.29, 1.82) is 0 Å². The molecule has 1 N–H and O–H groups in total. The van der Waals surface area contributed by atoms with Gasteiger partial charge in [0, 0.05) is 19.3 Å². The van der Waals surface area contributed by atoms with Gasteiger partial charge < -0.3 is 14.8 Å². The highest BCUT2D eigenvalue weighted by molar-refractivity contribution is 9.10. The Bertz CT molecular complexity index is 724. The van der Waals surface area contributed by atoms with E-state index in [0.29, 0.717) is 16.9 Å². The van der Waals surface area contributed by atoms with Gasteiger partial charge in [0.25, 0.3) is 5.91 Å². The zero-order valence-electron chi connectivity index (χ0n) is 14.4. The van der Waals surface area contributed by atoms with E-state index in [4.69, 9.17) is 9.47 Å². The Morgan fingerprint density at radius 1 is 1.44 bits per heavy atom. The minimum atomic E-state index is -1.04. The molecular weight excluding hydrogens is 386 g/mol. The van der Waals surface area contributed by atoms with Gasteiger partial charge in [0.1, 0.15) is 0 Å². The fourth-order valence-corrected chi connectivity index (χ4v) is 2.99. The minimum Gasteiger partial charge on any atom is -0.460 e. The van der Waals surface area contributed by atoms with E-state index in [2.05, 4.69) is 26.3 Å². The molecule has 1 atom stereocenters. The van der Waals surface area contributed by atoms with Crippen molar-refractivity contribution in [3.05, 3.63) is 41.0 Å². The molecule has 0 spiro atoms. The second-order valence-corrected chi connectivity index (χ2v) is 7.37. The maximum atomic E-state index is 12.5. The number of nitrogens with zero attached hydrogens (tertiary/aromatic N) is 2. The molecule has 0 radical (unpaired) electrons. The van der Waals surface area contributed by atoms with Crippen LogP contribution in [0.3, 0.4) is 0 Å². The first-order valence-corrected chi connectivity index (χ1v) is 9.14. The van der Waals surface area contributed by atoms with Crippen molar-refractivity contribution in [2.75, 3.05) is 13.2 Å². The van der Waals surface area contributed by atoms with Crippen molar-refractivity contribution < 1.29 is 14.3 Å². The summed E-state index contributed by atoms with van der Waals surface area (Å²) in [5.41, 5.74) is -0.129. The molecule has 7 heteroatoms. The molecule has 1 aromatic heterocycles. The number of para-hydroxylation sites is 1. The van der Waals surface area contributed by atoms with Crippen LogP contribution in [0.2, 0.25) is 0 Å². The lowest BCUT2D eigenvalue weighted by Gasteiger charge is -2.25. The average molecular weight is 408 g/mol. The van der Waals surface area contributed by atoms with Gasteiger partial charge >= 0.3 is 0 Å². The van der Waals surface area contributed by atoms with Crippen molar-refractivity contribution in [3.8, 4) is 11.6 Å². The van der Waals surface area contributed by atoms with E-state index in [9.17, 15) is 4.79 Å². The zero-order chi connectivity index (χ0) is 17.9. The van der Waals surface area contributed by atoms with Gasteiger partial charge in [0.15, 0.2) is 5.60 Å². The van der Waals surface area contributed by atoms with Gasteiger partial charge in [-0.25, -0.2) is 4.68 Å². The Morgan fingerprint density at radius 3 is 2.88 bits per heavy atom. The molecule has 1 aromatic carbocycles. The predicted molar refractivity (Wildman–Crippen MR) is 98.0 cm³/mol. The number of carbonyl (C=O) groups excluding carboxylic acids is 1. The molecule has 134 valence electrons.